The van der Waals surface area contributed by atoms with Crippen LogP contribution in [0.1, 0.15) is 24.5 Å². The molecule has 0 radical (unpaired) electrons. The van der Waals surface area contributed by atoms with Crippen molar-refractivity contribution in [3.8, 4) is 33.6 Å². The third-order valence-electron chi connectivity index (χ3n) is 9.99. The van der Waals surface area contributed by atoms with Crippen LogP contribution in [0.2, 0.25) is 0 Å². The Hall–Kier alpha value is -5.86. The van der Waals surface area contributed by atoms with E-state index < -0.39 is 0 Å². The van der Waals surface area contributed by atoms with Crippen LogP contribution in [0.15, 0.2) is 158 Å². The lowest BCUT2D eigenvalue weighted by Gasteiger charge is -2.16. The van der Waals surface area contributed by atoms with Crippen molar-refractivity contribution in [2.75, 3.05) is 0 Å². The second-order valence-corrected chi connectivity index (χ2v) is 12.9. The fourth-order valence-electron chi connectivity index (χ4n) is 7.77. The van der Waals surface area contributed by atoms with E-state index in [1.807, 2.05) is 0 Å². The molecule has 9 aromatic rings. The lowest BCUT2D eigenvalue weighted by molar-refractivity contribution is 0.921. The molecule has 9 rings (SSSR count). The van der Waals surface area contributed by atoms with Crippen molar-refractivity contribution < 1.29 is 0 Å². The van der Waals surface area contributed by atoms with E-state index in [9.17, 15) is 0 Å². The Labute approximate surface area is 281 Å². The lowest BCUT2D eigenvalue weighted by Crippen LogP contribution is -1.98. The Kier molecular flexibility index (Phi) is 6.76. The summed E-state index contributed by atoms with van der Waals surface area (Å²) in [4.78, 5) is 0. The smallest absolute Gasteiger partial charge is 0.0541 e. The van der Waals surface area contributed by atoms with E-state index in [1.165, 1.54) is 88.4 Å². The quantitative estimate of drug-likeness (QED) is 0.176. The Morgan fingerprint density at radius 1 is 0.417 bits per heavy atom. The molecule has 0 spiro atoms. The molecule has 0 aliphatic carbocycles. The van der Waals surface area contributed by atoms with Crippen LogP contribution in [0.4, 0.5) is 0 Å². The first-order valence-electron chi connectivity index (χ1n) is 17.0. The third kappa shape index (κ3) is 4.48. The van der Waals surface area contributed by atoms with Crippen molar-refractivity contribution >= 4 is 43.6 Å². The minimum atomic E-state index is 1.04. The average Bonchev–Trinajstić information content (AvgIpc) is 3.65. The minimum absolute atomic E-state index is 1.04. The van der Waals surface area contributed by atoms with Crippen LogP contribution in [0.25, 0.3) is 77.2 Å². The predicted octanol–water partition coefficient (Wildman–Crippen LogP) is 12.5. The molecule has 2 heterocycles. The zero-order chi connectivity index (χ0) is 32.2. The highest BCUT2D eigenvalue weighted by atomic mass is 15.0. The molecule has 0 saturated heterocycles. The van der Waals surface area contributed by atoms with Gasteiger partial charge in [-0.15, -0.1) is 0 Å². The molecule has 0 amide bonds. The highest BCUT2D eigenvalue weighted by Gasteiger charge is 2.17. The van der Waals surface area contributed by atoms with Crippen molar-refractivity contribution in [1.29, 1.82) is 0 Å². The van der Waals surface area contributed by atoms with Gasteiger partial charge < -0.3 is 9.13 Å². The maximum Gasteiger partial charge on any atom is 0.0541 e. The Balaban J connectivity index is 1.21. The first kappa shape index (κ1) is 28.4. The molecule has 0 aliphatic rings. The van der Waals surface area contributed by atoms with Crippen molar-refractivity contribution in [3.63, 3.8) is 0 Å². The average molecular weight is 617 g/mol. The van der Waals surface area contributed by atoms with Gasteiger partial charge in [0.25, 0.3) is 0 Å². The number of aryl methyl sites for hydroxylation is 2. The molecule has 0 fully saturated rings. The maximum atomic E-state index is 2.45. The zero-order valence-corrected chi connectivity index (χ0v) is 27.3. The fraction of sp³-hybridized carbons (Fsp3) is 0.0870. The van der Waals surface area contributed by atoms with Gasteiger partial charge in [-0.25, -0.2) is 0 Å². The molecule has 230 valence electrons. The van der Waals surface area contributed by atoms with Crippen LogP contribution >= 0.6 is 0 Å². The summed E-state index contributed by atoms with van der Waals surface area (Å²) in [5.41, 5.74) is 15.1. The fourth-order valence-corrected chi connectivity index (χ4v) is 7.77. The van der Waals surface area contributed by atoms with Crippen LogP contribution in [-0.4, -0.2) is 9.13 Å². The van der Waals surface area contributed by atoms with Gasteiger partial charge in [0.05, 0.1) is 22.1 Å². The van der Waals surface area contributed by atoms with Gasteiger partial charge >= 0.3 is 0 Å². The van der Waals surface area contributed by atoms with Crippen molar-refractivity contribution in [2.24, 2.45) is 0 Å². The van der Waals surface area contributed by atoms with Crippen molar-refractivity contribution in [3.05, 3.63) is 169 Å². The third-order valence-corrected chi connectivity index (χ3v) is 9.99. The summed E-state index contributed by atoms with van der Waals surface area (Å²) in [7, 11) is 0. The predicted molar refractivity (Wildman–Crippen MR) is 205 cm³/mol. The summed E-state index contributed by atoms with van der Waals surface area (Å²) < 4.78 is 4.83. The first-order valence-corrected chi connectivity index (χ1v) is 17.0. The Morgan fingerprint density at radius 2 is 0.958 bits per heavy atom. The molecule has 0 unspecified atom stereocenters. The molecule has 0 bridgehead atoms. The molecule has 2 aromatic heterocycles. The van der Waals surface area contributed by atoms with Gasteiger partial charge in [0.2, 0.25) is 0 Å². The van der Waals surface area contributed by atoms with Crippen molar-refractivity contribution in [1.82, 2.24) is 9.13 Å². The lowest BCUT2D eigenvalue weighted by atomic mass is 9.93. The molecule has 7 aromatic carbocycles. The van der Waals surface area contributed by atoms with E-state index in [-0.39, 0.29) is 0 Å². The Bertz CT molecular complexity index is 2630. The standard InChI is InChI=1S/C46H36N2/c1-3-13-34-28-36(24-25-38(34)37-17-8-7-14-31(37)2)48-44-21-12-10-19-40(44)42-30-33(23-27-46(42)48)32-22-26-45-41(29-32)39-18-9-11-20-43(39)47(45)35-15-5-4-6-16-35/h4-12,14-30H,3,13H2,1-2H3. The first-order chi connectivity index (χ1) is 23.7. The largest absolute Gasteiger partial charge is 0.309 e. The number of hydrogen-bond acceptors (Lipinski definition) is 0. The molecule has 0 aliphatic heterocycles. The molecule has 0 saturated carbocycles. The van der Waals surface area contributed by atoms with Gasteiger partial charge in [-0.2, -0.15) is 0 Å². The van der Waals surface area contributed by atoms with Crippen molar-refractivity contribution in [2.45, 2.75) is 26.7 Å². The van der Waals surface area contributed by atoms with Gasteiger partial charge in [-0.05, 0) is 107 Å². The number of benzene rings is 7. The molecule has 2 nitrogen and oxygen atoms in total. The molecular weight excluding hydrogens is 581 g/mol. The normalized spacial score (nSPS) is 11.7. The highest BCUT2D eigenvalue weighted by Crippen LogP contribution is 2.39. The topological polar surface area (TPSA) is 9.86 Å². The summed E-state index contributed by atoms with van der Waals surface area (Å²) in [5, 5.41) is 5.09. The summed E-state index contributed by atoms with van der Waals surface area (Å²) in [6.07, 6.45) is 2.15. The Morgan fingerprint density at radius 3 is 1.58 bits per heavy atom. The summed E-state index contributed by atoms with van der Waals surface area (Å²) in [6, 6.07) is 58.0. The highest BCUT2D eigenvalue weighted by molar-refractivity contribution is 6.12. The van der Waals surface area contributed by atoms with E-state index in [0.29, 0.717) is 0 Å². The number of para-hydroxylation sites is 3. The SMILES string of the molecule is CCCc1cc(-n2c3ccccc3c3cc(-c4ccc5c(c4)c4ccccc4n5-c4ccccc4)ccc32)ccc1-c1ccccc1C. The number of fused-ring (bicyclic) bond motifs is 6. The second kappa shape index (κ2) is 11.4. The summed E-state index contributed by atoms with van der Waals surface area (Å²) in [6.45, 7) is 4.48. The second-order valence-electron chi connectivity index (χ2n) is 12.9. The van der Waals surface area contributed by atoms with Gasteiger partial charge in [0, 0.05) is 32.9 Å². The van der Waals surface area contributed by atoms with Crippen LogP contribution < -0.4 is 0 Å². The van der Waals surface area contributed by atoms with Crippen LogP contribution in [-0.2, 0) is 6.42 Å². The van der Waals surface area contributed by atoms with E-state index >= 15 is 0 Å². The van der Waals surface area contributed by atoms with E-state index in [1.54, 1.807) is 0 Å². The van der Waals surface area contributed by atoms with Crippen LogP contribution in [0.3, 0.4) is 0 Å². The molecule has 0 atom stereocenters. The summed E-state index contributed by atoms with van der Waals surface area (Å²) in [5.74, 6) is 0. The molecule has 2 heteroatoms. The minimum Gasteiger partial charge on any atom is -0.309 e. The number of aromatic nitrogens is 2. The maximum absolute atomic E-state index is 2.45. The monoisotopic (exact) mass is 616 g/mol. The van der Waals surface area contributed by atoms with E-state index in [4.69, 9.17) is 0 Å². The van der Waals surface area contributed by atoms with Gasteiger partial charge in [0.15, 0.2) is 0 Å². The van der Waals surface area contributed by atoms with Crippen LogP contribution in [0.5, 0.6) is 0 Å². The molecule has 48 heavy (non-hydrogen) atoms. The van der Waals surface area contributed by atoms with Gasteiger partial charge in [-0.3, -0.25) is 0 Å². The van der Waals surface area contributed by atoms with Gasteiger partial charge in [0.1, 0.15) is 0 Å². The zero-order valence-electron chi connectivity index (χ0n) is 27.3. The summed E-state index contributed by atoms with van der Waals surface area (Å²) >= 11 is 0. The van der Waals surface area contributed by atoms with E-state index in [0.717, 1.165) is 12.8 Å². The number of rotatable bonds is 6. The number of hydrogen-bond donors (Lipinski definition) is 0. The number of nitrogens with zero attached hydrogens (tertiary/aromatic N) is 2. The van der Waals surface area contributed by atoms with Gasteiger partial charge in [-0.1, -0.05) is 110 Å². The van der Waals surface area contributed by atoms with Crippen LogP contribution in [0, 0.1) is 6.92 Å². The van der Waals surface area contributed by atoms with E-state index in [2.05, 4.69) is 181 Å². The molecule has 0 N–H and O–H groups in total. The molecular formula is C46H36N2.